The molecule has 2 heteroatoms. The number of benzene rings is 4. The summed E-state index contributed by atoms with van der Waals surface area (Å²) in [5, 5.41) is 2.62. The Hall–Kier alpha value is -2.90. The van der Waals surface area contributed by atoms with Crippen LogP contribution in [-0.2, 0) is 0 Å². The molecular formula is C23H15ClO. The summed E-state index contributed by atoms with van der Waals surface area (Å²) in [5.74, 6) is 0.00678. The Morgan fingerprint density at radius 3 is 2.12 bits per heavy atom. The van der Waals surface area contributed by atoms with Crippen molar-refractivity contribution in [2.24, 2.45) is 0 Å². The van der Waals surface area contributed by atoms with Crippen LogP contribution < -0.4 is 0 Å². The van der Waals surface area contributed by atoms with Crippen molar-refractivity contribution in [1.29, 1.82) is 0 Å². The Morgan fingerprint density at radius 1 is 0.640 bits per heavy atom. The maximum atomic E-state index is 13.3. The Morgan fingerprint density at radius 2 is 1.32 bits per heavy atom. The van der Waals surface area contributed by atoms with Crippen LogP contribution in [0.1, 0.15) is 15.9 Å². The van der Waals surface area contributed by atoms with Gasteiger partial charge < -0.3 is 0 Å². The van der Waals surface area contributed by atoms with Gasteiger partial charge in [0.1, 0.15) is 0 Å². The van der Waals surface area contributed by atoms with Crippen LogP contribution in [0.4, 0.5) is 0 Å². The molecule has 0 spiro atoms. The average molecular weight is 343 g/mol. The maximum absolute atomic E-state index is 13.3. The van der Waals surface area contributed by atoms with Gasteiger partial charge in [-0.1, -0.05) is 96.5 Å². The van der Waals surface area contributed by atoms with Crippen LogP contribution in [0.25, 0.3) is 21.9 Å². The van der Waals surface area contributed by atoms with E-state index >= 15 is 0 Å². The van der Waals surface area contributed by atoms with Crippen molar-refractivity contribution in [3.05, 3.63) is 107 Å². The fourth-order valence-corrected chi connectivity index (χ4v) is 3.39. The lowest BCUT2D eigenvalue weighted by Crippen LogP contribution is -2.05. The third kappa shape index (κ3) is 2.84. The molecule has 0 aromatic heterocycles. The molecule has 4 aromatic rings. The number of hydrogen-bond acceptors (Lipinski definition) is 1. The number of fused-ring (bicyclic) bond motifs is 1. The minimum Gasteiger partial charge on any atom is -0.289 e. The highest BCUT2D eigenvalue weighted by Crippen LogP contribution is 2.35. The zero-order valence-corrected chi connectivity index (χ0v) is 14.2. The second-order valence-corrected chi connectivity index (χ2v) is 6.29. The Balaban J connectivity index is 2.04. The summed E-state index contributed by atoms with van der Waals surface area (Å²) in [5.41, 5.74) is 3.09. The van der Waals surface area contributed by atoms with Gasteiger partial charge in [-0.3, -0.25) is 4.79 Å². The Kier molecular flexibility index (Phi) is 4.09. The minimum absolute atomic E-state index is 0.00678. The van der Waals surface area contributed by atoms with Crippen LogP contribution in [0.5, 0.6) is 0 Å². The molecule has 0 heterocycles. The van der Waals surface area contributed by atoms with Crippen molar-refractivity contribution >= 4 is 28.2 Å². The minimum atomic E-state index is 0.00678. The molecule has 0 unspecified atom stereocenters. The number of rotatable bonds is 3. The van der Waals surface area contributed by atoms with Crippen LogP contribution >= 0.6 is 11.6 Å². The number of halogens is 1. The van der Waals surface area contributed by atoms with Gasteiger partial charge in [-0.15, -0.1) is 0 Å². The molecule has 0 aliphatic rings. The predicted molar refractivity (Wildman–Crippen MR) is 104 cm³/mol. The lowest BCUT2D eigenvalue weighted by atomic mass is 9.89. The molecule has 0 saturated heterocycles. The molecule has 0 radical (unpaired) electrons. The molecule has 0 amide bonds. The lowest BCUT2D eigenvalue weighted by molar-refractivity contribution is 0.104. The standard InChI is InChI=1S/C23H15ClO/c24-21-13-7-6-12-19(21)20-15-14-16-8-4-5-11-18(16)22(20)23(25)17-9-2-1-3-10-17/h1-15H. The van der Waals surface area contributed by atoms with E-state index in [4.69, 9.17) is 11.6 Å². The van der Waals surface area contributed by atoms with Gasteiger partial charge >= 0.3 is 0 Å². The molecule has 0 aliphatic heterocycles. The summed E-state index contributed by atoms with van der Waals surface area (Å²) < 4.78 is 0. The van der Waals surface area contributed by atoms with E-state index in [2.05, 4.69) is 0 Å². The van der Waals surface area contributed by atoms with Gasteiger partial charge in [0.15, 0.2) is 5.78 Å². The molecule has 0 fully saturated rings. The SMILES string of the molecule is O=C(c1ccccc1)c1c(-c2ccccc2Cl)ccc2ccccc12. The van der Waals surface area contributed by atoms with Crippen molar-refractivity contribution in [1.82, 2.24) is 0 Å². The van der Waals surface area contributed by atoms with Gasteiger partial charge in [0.05, 0.1) is 0 Å². The molecule has 1 nitrogen and oxygen atoms in total. The topological polar surface area (TPSA) is 17.1 Å². The molecule has 25 heavy (non-hydrogen) atoms. The van der Waals surface area contributed by atoms with Crippen LogP contribution in [0.3, 0.4) is 0 Å². The van der Waals surface area contributed by atoms with E-state index in [-0.39, 0.29) is 5.78 Å². The predicted octanol–water partition coefficient (Wildman–Crippen LogP) is 6.39. The van der Waals surface area contributed by atoms with Crippen LogP contribution in [0, 0.1) is 0 Å². The van der Waals surface area contributed by atoms with Gasteiger partial charge in [0.2, 0.25) is 0 Å². The van der Waals surface area contributed by atoms with E-state index in [1.54, 1.807) is 0 Å². The van der Waals surface area contributed by atoms with Crippen molar-refractivity contribution in [2.75, 3.05) is 0 Å². The van der Waals surface area contributed by atoms with Crippen LogP contribution in [-0.4, -0.2) is 5.78 Å². The molecule has 0 bridgehead atoms. The molecular weight excluding hydrogens is 328 g/mol. The molecule has 0 atom stereocenters. The van der Waals surface area contributed by atoms with Crippen molar-refractivity contribution in [2.45, 2.75) is 0 Å². The summed E-state index contributed by atoms with van der Waals surface area (Å²) in [6.07, 6.45) is 0. The van der Waals surface area contributed by atoms with Gasteiger partial charge in [0.25, 0.3) is 0 Å². The molecule has 0 aliphatic carbocycles. The fourth-order valence-electron chi connectivity index (χ4n) is 3.15. The highest BCUT2D eigenvalue weighted by Gasteiger charge is 2.19. The van der Waals surface area contributed by atoms with E-state index < -0.39 is 0 Å². The van der Waals surface area contributed by atoms with Crippen molar-refractivity contribution < 1.29 is 4.79 Å². The van der Waals surface area contributed by atoms with Gasteiger partial charge in [-0.05, 0) is 22.4 Å². The first-order valence-electron chi connectivity index (χ1n) is 8.12. The van der Waals surface area contributed by atoms with E-state index in [0.717, 1.165) is 21.9 Å². The summed E-state index contributed by atoms with van der Waals surface area (Å²) in [7, 11) is 0. The largest absolute Gasteiger partial charge is 0.289 e. The first kappa shape index (κ1) is 15.6. The van der Waals surface area contributed by atoms with Gasteiger partial charge in [-0.25, -0.2) is 0 Å². The van der Waals surface area contributed by atoms with Gasteiger partial charge in [0, 0.05) is 21.7 Å². The number of carbonyl (C=O) groups is 1. The summed E-state index contributed by atoms with van der Waals surface area (Å²) in [4.78, 5) is 13.3. The maximum Gasteiger partial charge on any atom is 0.194 e. The third-order valence-corrected chi connectivity index (χ3v) is 4.69. The zero-order chi connectivity index (χ0) is 17.2. The average Bonchev–Trinajstić information content (AvgIpc) is 2.68. The number of hydrogen-bond donors (Lipinski definition) is 0. The smallest absolute Gasteiger partial charge is 0.194 e. The second kappa shape index (κ2) is 6.54. The molecule has 4 rings (SSSR count). The lowest BCUT2D eigenvalue weighted by Gasteiger charge is -2.14. The van der Waals surface area contributed by atoms with Crippen LogP contribution in [0.2, 0.25) is 5.02 Å². The highest BCUT2D eigenvalue weighted by atomic mass is 35.5. The van der Waals surface area contributed by atoms with Gasteiger partial charge in [-0.2, -0.15) is 0 Å². The molecule has 0 saturated carbocycles. The Labute approximate surface area is 151 Å². The van der Waals surface area contributed by atoms with E-state index in [1.807, 2.05) is 91.0 Å². The zero-order valence-electron chi connectivity index (χ0n) is 13.4. The van der Waals surface area contributed by atoms with E-state index in [1.165, 1.54) is 0 Å². The monoisotopic (exact) mass is 342 g/mol. The van der Waals surface area contributed by atoms with Crippen molar-refractivity contribution in [3.63, 3.8) is 0 Å². The fraction of sp³-hybridized carbons (Fsp3) is 0. The first-order chi connectivity index (χ1) is 12.3. The number of carbonyl (C=O) groups excluding carboxylic acids is 1. The van der Waals surface area contributed by atoms with E-state index in [9.17, 15) is 4.79 Å². The van der Waals surface area contributed by atoms with E-state index in [0.29, 0.717) is 16.1 Å². The molecule has 120 valence electrons. The highest BCUT2D eigenvalue weighted by molar-refractivity contribution is 6.34. The second-order valence-electron chi connectivity index (χ2n) is 5.88. The van der Waals surface area contributed by atoms with Crippen molar-refractivity contribution in [3.8, 4) is 11.1 Å². The summed E-state index contributed by atoms with van der Waals surface area (Å²) in [6.45, 7) is 0. The first-order valence-corrected chi connectivity index (χ1v) is 8.50. The molecule has 4 aromatic carbocycles. The quantitative estimate of drug-likeness (QED) is 0.394. The Bertz CT molecular complexity index is 1070. The summed E-state index contributed by atoms with van der Waals surface area (Å²) in [6, 6.07) is 29.0. The third-order valence-electron chi connectivity index (χ3n) is 4.36. The molecule has 0 N–H and O–H groups in total. The van der Waals surface area contributed by atoms with Crippen LogP contribution in [0.15, 0.2) is 91.0 Å². The summed E-state index contributed by atoms with van der Waals surface area (Å²) >= 11 is 6.42. The number of ketones is 1. The normalized spacial score (nSPS) is 10.8.